The van der Waals surface area contributed by atoms with Gasteiger partial charge in [-0.15, -0.1) is 11.3 Å². The highest BCUT2D eigenvalue weighted by Crippen LogP contribution is 2.37. The van der Waals surface area contributed by atoms with Gasteiger partial charge in [0.15, 0.2) is 0 Å². The Balaban J connectivity index is 2.51. The summed E-state index contributed by atoms with van der Waals surface area (Å²) < 4.78 is 6.26. The normalized spacial score (nSPS) is 10.1. The fourth-order valence-electron chi connectivity index (χ4n) is 1.62. The van der Waals surface area contributed by atoms with Gasteiger partial charge in [0.1, 0.15) is 10.8 Å². The maximum Gasteiger partial charge on any atom is 0.129 e. The summed E-state index contributed by atoms with van der Waals surface area (Å²) in [5.74, 6) is 0.797. The predicted octanol–water partition coefficient (Wildman–Crippen LogP) is 3.96. The van der Waals surface area contributed by atoms with Gasteiger partial charge in [0.05, 0.1) is 34.6 Å². The van der Waals surface area contributed by atoms with Crippen molar-refractivity contribution in [2.75, 3.05) is 7.11 Å². The van der Waals surface area contributed by atoms with Crippen LogP contribution in [0, 0.1) is 18.3 Å². The van der Waals surface area contributed by atoms with Crippen LogP contribution in [-0.4, -0.2) is 12.1 Å². The van der Waals surface area contributed by atoms with Crippen molar-refractivity contribution < 1.29 is 4.74 Å². The van der Waals surface area contributed by atoms with Crippen molar-refractivity contribution in [2.24, 2.45) is 0 Å². The van der Waals surface area contributed by atoms with Gasteiger partial charge in [-0.25, -0.2) is 4.98 Å². The summed E-state index contributed by atoms with van der Waals surface area (Å²) in [6.45, 7) is 2.03. The number of aryl methyl sites for hydroxylation is 1. The lowest BCUT2D eigenvalue weighted by Gasteiger charge is -2.06. The van der Waals surface area contributed by atoms with E-state index in [4.69, 9.17) is 10.00 Å². The van der Waals surface area contributed by atoms with Gasteiger partial charge in [0, 0.05) is 0 Å². The first-order valence-corrected chi connectivity index (χ1v) is 6.94. The molecule has 5 heteroatoms. The van der Waals surface area contributed by atoms with E-state index < -0.39 is 0 Å². The monoisotopic (exact) mass is 322 g/mol. The molecule has 0 saturated heterocycles. The van der Waals surface area contributed by atoms with Crippen LogP contribution in [-0.2, 0) is 6.42 Å². The van der Waals surface area contributed by atoms with E-state index in [1.807, 2.05) is 25.1 Å². The Morgan fingerprint density at radius 2 is 2.28 bits per heavy atom. The van der Waals surface area contributed by atoms with Crippen molar-refractivity contribution in [2.45, 2.75) is 13.3 Å². The summed E-state index contributed by atoms with van der Waals surface area (Å²) in [7, 11) is 1.65. The molecule has 0 bridgehead atoms. The number of ether oxygens (including phenoxy) is 1. The maximum absolute atomic E-state index is 8.74. The standard InChI is InChI=1S/C13H11BrN2OS/c1-8-3-4-11(17-2)9(7-8)13-16-10(5-6-15)12(14)18-13/h3-4,7H,5H2,1-2H3. The molecule has 2 aromatic rings. The predicted molar refractivity (Wildman–Crippen MR) is 75.9 cm³/mol. The van der Waals surface area contributed by atoms with Crippen molar-refractivity contribution in [1.82, 2.24) is 4.98 Å². The van der Waals surface area contributed by atoms with E-state index in [1.165, 1.54) is 11.3 Å². The lowest BCUT2D eigenvalue weighted by molar-refractivity contribution is 0.416. The molecule has 0 atom stereocenters. The number of nitrogens with zero attached hydrogens (tertiary/aromatic N) is 2. The lowest BCUT2D eigenvalue weighted by atomic mass is 10.1. The highest BCUT2D eigenvalue weighted by atomic mass is 79.9. The van der Waals surface area contributed by atoms with Crippen LogP contribution in [0.1, 0.15) is 11.3 Å². The second-order valence-corrected chi connectivity index (χ2v) is 6.10. The molecule has 18 heavy (non-hydrogen) atoms. The van der Waals surface area contributed by atoms with Crippen molar-refractivity contribution in [1.29, 1.82) is 5.26 Å². The number of nitriles is 1. The number of thiazole rings is 1. The summed E-state index contributed by atoms with van der Waals surface area (Å²) >= 11 is 4.96. The molecule has 1 aromatic heterocycles. The molecule has 0 aliphatic carbocycles. The number of hydrogen-bond acceptors (Lipinski definition) is 4. The third-order valence-electron chi connectivity index (χ3n) is 2.48. The van der Waals surface area contributed by atoms with Gasteiger partial charge in [0.2, 0.25) is 0 Å². The first-order chi connectivity index (χ1) is 8.65. The highest BCUT2D eigenvalue weighted by molar-refractivity contribution is 9.11. The summed E-state index contributed by atoms with van der Waals surface area (Å²) in [6.07, 6.45) is 0.311. The Morgan fingerprint density at radius 1 is 1.50 bits per heavy atom. The molecule has 2 rings (SSSR count). The van der Waals surface area contributed by atoms with Crippen LogP contribution < -0.4 is 4.74 Å². The Labute approximate surface area is 118 Å². The van der Waals surface area contributed by atoms with Gasteiger partial charge in [-0.3, -0.25) is 0 Å². The minimum absolute atomic E-state index is 0.311. The summed E-state index contributed by atoms with van der Waals surface area (Å²) in [5, 5.41) is 9.61. The zero-order chi connectivity index (χ0) is 13.1. The summed E-state index contributed by atoms with van der Waals surface area (Å²) in [4.78, 5) is 4.49. The van der Waals surface area contributed by atoms with Crippen molar-refractivity contribution >= 4 is 27.3 Å². The third-order valence-corrected chi connectivity index (χ3v) is 4.34. The van der Waals surface area contributed by atoms with E-state index in [0.717, 1.165) is 31.4 Å². The Kier molecular flexibility index (Phi) is 4.00. The number of rotatable bonds is 3. The van der Waals surface area contributed by atoms with Crippen LogP contribution in [0.3, 0.4) is 0 Å². The number of methoxy groups -OCH3 is 1. The van der Waals surface area contributed by atoms with E-state index in [0.29, 0.717) is 6.42 Å². The molecule has 0 fully saturated rings. The lowest BCUT2D eigenvalue weighted by Crippen LogP contribution is -1.89. The van der Waals surface area contributed by atoms with Gasteiger partial charge in [-0.05, 0) is 35.0 Å². The number of halogens is 1. The van der Waals surface area contributed by atoms with Crippen LogP contribution in [0.15, 0.2) is 22.0 Å². The molecular weight excluding hydrogens is 312 g/mol. The van der Waals surface area contributed by atoms with E-state index in [1.54, 1.807) is 7.11 Å². The largest absolute Gasteiger partial charge is 0.496 e. The molecule has 3 nitrogen and oxygen atoms in total. The van der Waals surface area contributed by atoms with Gasteiger partial charge in [-0.1, -0.05) is 11.6 Å². The fourth-order valence-corrected chi connectivity index (χ4v) is 3.14. The second kappa shape index (κ2) is 5.51. The van der Waals surface area contributed by atoms with Gasteiger partial charge >= 0.3 is 0 Å². The summed E-state index contributed by atoms with van der Waals surface area (Å²) in [5.41, 5.74) is 2.90. The average Bonchev–Trinajstić information content (AvgIpc) is 2.71. The van der Waals surface area contributed by atoms with E-state index >= 15 is 0 Å². The van der Waals surface area contributed by atoms with E-state index in [2.05, 4.69) is 27.0 Å². The molecule has 0 saturated carbocycles. The topological polar surface area (TPSA) is 45.9 Å². The van der Waals surface area contributed by atoms with Crippen LogP contribution >= 0.6 is 27.3 Å². The van der Waals surface area contributed by atoms with Gasteiger partial charge in [-0.2, -0.15) is 5.26 Å². The quantitative estimate of drug-likeness (QED) is 0.859. The highest BCUT2D eigenvalue weighted by Gasteiger charge is 2.14. The molecule has 0 unspecified atom stereocenters. The smallest absolute Gasteiger partial charge is 0.129 e. The zero-order valence-corrected chi connectivity index (χ0v) is 12.4. The first-order valence-electron chi connectivity index (χ1n) is 5.33. The third kappa shape index (κ3) is 2.55. The minimum Gasteiger partial charge on any atom is -0.496 e. The molecule has 1 heterocycles. The molecule has 0 amide bonds. The number of aromatic nitrogens is 1. The molecule has 0 spiro atoms. The molecule has 92 valence electrons. The Bertz CT molecular complexity index is 616. The molecule has 0 aliphatic heterocycles. The number of benzene rings is 1. The molecule has 0 N–H and O–H groups in total. The van der Waals surface area contributed by atoms with E-state index in [9.17, 15) is 0 Å². The zero-order valence-electron chi connectivity index (χ0n) is 10.0. The Morgan fingerprint density at radius 3 is 2.94 bits per heavy atom. The van der Waals surface area contributed by atoms with Gasteiger partial charge < -0.3 is 4.74 Å². The van der Waals surface area contributed by atoms with Crippen LogP contribution in [0.4, 0.5) is 0 Å². The van der Waals surface area contributed by atoms with Crippen LogP contribution in [0.2, 0.25) is 0 Å². The molecular formula is C13H11BrN2OS. The van der Waals surface area contributed by atoms with Crippen molar-refractivity contribution in [3.05, 3.63) is 33.2 Å². The minimum atomic E-state index is 0.311. The summed E-state index contributed by atoms with van der Waals surface area (Å²) in [6, 6.07) is 8.09. The molecule has 0 aliphatic rings. The van der Waals surface area contributed by atoms with Crippen molar-refractivity contribution in [3.8, 4) is 22.4 Å². The SMILES string of the molecule is COc1ccc(C)cc1-c1nc(CC#N)c(Br)s1. The van der Waals surface area contributed by atoms with Crippen molar-refractivity contribution in [3.63, 3.8) is 0 Å². The van der Waals surface area contributed by atoms with Crippen LogP contribution in [0.5, 0.6) is 5.75 Å². The fraction of sp³-hybridized carbons (Fsp3) is 0.231. The molecule has 0 radical (unpaired) electrons. The first kappa shape index (κ1) is 13.1. The number of hydrogen-bond donors (Lipinski definition) is 0. The Hall–Kier alpha value is -1.38. The van der Waals surface area contributed by atoms with E-state index in [-0.39, 0.29) is 0 Å². The second-order valence-electron chi connectivity index (χ2n) is 3.78. The van der Waals surface area contributed by atoms with Gasteiger partial charge in [0.25, 0.3) is 0 Å². The molecule has 1 aromatic carbocycles. The maximum atomic E-state index is 8.74. The van der Waals surface area contributed by atoms with Crippen LogP contribution in [0.25, 0.3) is 10.6 Å². The average molecular weight is 323 g/mol.